The van der Waals surface area contributed by atoms with Gasteiger partial charge in [0, 0.05) is 45.0 Å². The first-order valence-electron chi connectivity index (χ1n) is 7.69. The predicted octanol–water partition coefficient (Wildman–Crippen LogP) is 2.97. The van der Waals surface area contributed by atoms with E-state index in [4.69, 9.17) is 4.74 Å². The van der Waals surface area contributed by atoms with Gasteiger partial charge in [0.15, 0.2) is 0 Å². The van der Waals surface area contributed by atoms with Crippen LogP contribution in [0.3, 0.4) is 0 Å². The minimum atomic E-state index is 0.519. The summed E-state index contributed by atoms with van der Waals surface area (Å²) < 4.78 is 5.25. The van der Waals surface area contributed by atoms with Gasteiger partial charge in [0.05, 0.1) is 6.61 Å². The number of ether oxygens (including phenoxy) is 1. The van der Waals surface area contributed by atoms with Crippen LogP contribution in [0.1, 0.15) is 32.3 Å². The standard InChI is InChI=1S/C17H28N2O/c1-14(2)16-5-7-17(8-6-16)19-11-9-18(10-12-19)15(3)13-20-4/h5-8,14-15H,9-13H2,1-4H3. The van der Waals surface area contributed by atoms with Gasteiger partial charge in [0.25, 0.3) is 0 Å². The average molecular weight is 276 g/mol. The highest BCUT2D eigenvalue weighted by atomic mass is 16.5. The maximum Gasteiger partial charge on any atom is 0.0615 e. The molecule has 0 spiro atoms. The fraction of sp³-hybridized carbons (Fsp3) is 0.647. The van der Waals surface area contributed by atoms with Gasteiger partial charge in [0.1, 0.15) is 0 Å². The Morgan fingerprint density at radius 3 is 2.10 bits per heavy atom. The van der Waals surface area contributed by atoms with E-state index in [1.165, 1.54) is 11.3 Å². The van der Waals surface area contributed by atoms with Crippen molar-refractivity contribution in [2.45, 2.75) is 32.7 Å². The molecule has 0 radical (unpaired) electrons. The number of rotatable bonds is 5. The molecule has 3 heteroatoms. The van der Waals surface area contributed by atoms with E-state index < -0.39 is 0 Å². The summed E-state index contributed by atoms with van der Waals surface area (Å²) in [6.45, 7) is 12.0. The van der Waals surface area contributed by atoms with Gasteiger partial charge in [-0.2, -0.15) is 0 Å². The maximum absolute atomic E-state index is 5.25. The molecule has 1 aromatic carbocycles. The Bertz CT molecular complexity index is 394. The van der Waals surface area contributed by atoms with E-state index in [2.05, 4.69) is 54.8 Å². The Kier molecular flexibility index (Phi) is 5.44. The van der Waals surface area contributed by atoms with Crippen LogP contribution in [0.15, 0.2) is 24.3 Å². The number of nitrogens with zero attached hydrogens (tertiary/aromatic N) is 2. The van der Waals surface area contributed by atoms with Crippen molar-refractivity contribution < 1.29 is 4.74 Å². The number of anilines is 1. The van der Waals surface area contributed by atoms with E-state index in [1.807, 2.05) is 0 Å². The van der Waals surface area contributed by atoms with E-state index >= 15 is 0 Å². The fourth-order valence-corrected chi connectivity index (χ4v) is 2.84. The van der Waals surface area contributed by atoms with Crippen molar-refractivity contribution in [3.05, 3.63) is 29.8 Å². The molecule has 3 nitrogen and oxygen atoms in total. The summed E-state index contributed by atoms with van der Waals surface area (Å²) in [5, 5.41) is 0. The molecule has 1 unspecified atom stereocenters. The number of piperazine rings is 1. The predicted molar refractivity (Wildman–Crippen MR) is 85.7 cm³/mol. The molecule has 1 saturated heterocycles. The Morgan fingerprint density at radius 2 is 1.60 bits per heavy atom. The summed E-state index contributed by atoms with van der Waals surface area (Å²) in [6, 6.07) is 9.58. The Morgan fingerprint density at radius 1 is 1.00 bits per heavy atom. The fourth-order valence-electron chi connectivity index (χ4n) is 2.84. The molecule has 0 N–H and O–H groups in total. The first-order chi connectivity index (χ1) is 9.61. The highest BCUT2D eigenvalue weighted by Gasteiger charge is 2.21. The lowest BCUT2D eigenvalue weighted by molar-refractivity contribution is 0.0953. The summed E-state index contributed by atoms with van der Waals surface area (Å²) in [4.78, 5) is 5.00. The molecule has 0 amide bonds. The van der Waals surface area contributed by atoms with E-state index in [-0.39, 0.29) is 0 Å². The van der Waals surface area contributed by atoms with Crippen molar-refractivity contribution in [3.8, 4) is 0 Å². The van der Waals surface area contributed by atoms with E-state index in [0.29, 0.717) is 12.0 Å². The number of benzene rings is 1. The molecular formula is C17H28N2O. The van der Waals surface area contributed by atoms with Crippen LogP contribution in [0.25, 0.3) is 0 Å². The van der Waals surface area contributed by atoms with Crippen LogP contribution in [0, 0.1) is 0 Å². The largest absolute Gasteiger partial charge is 0.383 e. The van der Waals surface area contributed by atoms with Crippen molar-refractivity contribution in [2.75, 3.05) is 44.8 Å². The normalized spacial score (nSPS) is 18.6. The van der Waals surface area contributed by atoms with Crippen LogP contribution >= 0.6 is 0 Å². The minimum absolute atomic E-state index is 0.519. The number of methoxy groups -OCH3 is 1. The van der Waals surface area contributed by atoms with Crippen LogP contribution in [-0.4, -0.2) is 50.8 Å². The van der Waals surface area contributed by atoms with Gasteiger partial charge in [-0.25, -0.2) is 0 Å². The quantitative estimate of drug-likeness (QED) is 0.822. The van der Waals surface area contributed by atoms with E-state index in [9.17, 15) is 0 Å². The van der Waals surface area contributed by atoms with Crippen molar-refractivity contribution in [1.29, 1.82) is 0 Å². The average Bonchev–Trinajstić information content (AvgIpc) is 2.48. The SMILES string of the molecule is COCC(C)N1CCN(c2ccc(C(C)C)cc2)CC1. The number of hydrogen-bond donors (Lipinski definition) is 0. The van der Waals surface area contributed by atoms with Crippen molar-refractivity contribution in [1.82, 2.24) is 4.90 Å². The third-order valence-electron chi connectivity index (χ3n) is 4.27. The molecule has 0 aliphatic carbocycles. The second-order valence-electron chi connectivity index (χ2n) is 6.07. The number of hydrogen-bond acceptors (Lipinski definition) is 3. The highest BCUT2D eigenvalue weighted by Crippen LogP contribution is 2.21. The third-order valence-corrected chi connectivity index (χ3v) is 4.27. The third kappa shape index (κ3) is 3.74. The Balaban J connectivity index is 1.90. The lowest BCUT2D eigenvalue weighted by atomic mass is 10.0. The lowest BCUT2D eigenvalue weighted by Crippen LogP contribution is -2.50. The summed E-state index contributed by atoms with van der Waals surface area (Å²) >= 11 is 0. The first kappa shape index (κ1) is 15.3. The smallest absolute Gasteiger partial charge is 0.0615 e. The molecular weight excluding hydrogens is 248 g/mol. The summed E-state index contributed by atoms with van der Waals surface area (Å²) in [6.07, 6.45) is 0. The monoisotopic (exact) mass is 276 g/mol. The van der Waals surface area contributed by atoms with E-state index in [0.717, 1.165) is 32.8 Å². The molecule has 0 bridgehead atoms. The topological polar surface area (TPSA) is 15.7 Å². The second kappa shape index (κ2) is 7.09. The highest BCUT2D eigenvalue weighted by molar-refractivity contribution is 5.48. The van der Waals surface area contributed by atoms with Gasteiger partial charge in [-0.3, -0.25) is 4.90 Å². The van der Waals surface area contributed by atoms with Gasteiger partial charge in [-0.1, -0.05) is 26.0 Å². The van der Waals surface area contributed by atoms with Gasteiger partial charge in [-0.05, 0) is 30.5 Å². The molecule has 1 aliphatic heterocycles. The molecule has 112 valence electrons. The van der Waals surface area contributed by atoms with Gasteiger partial charge in [-0.15, -0.1) is 0 Å². The van der Waals surface area contributed by atoms with Crippen LogP contribution in [0.5, 0.6) is 0 Å². The molecule has 0 saturated carbocycles. The molecule has 1 heterocycles. The van der Waals surface area contributed by atoms with Gasteiger partial charge >= 0.3 is 0 Å². The summed E-state index contributed by atoms with van der Waals surface area (Å²) in [7, 11) is 1.78. The van der Waals surface area contributed by atoms with E-state index in [1.54, 1.807) is 7.11 Å². The zero-order valence-corrected chi connectivity index (χ0v) is 13.3. The van der Waals surface area contributed by atoms with Crippen LogP contribution < -0.4 is 4.90 Å². The molecule has 1 fully saturated rings. The van der Waals surface area contributed by atoms with Crippen molar-refractivity contribution >= 4 is 5.69 Å². The molecule has 1 aromatic rings. The van der Waals surface area contributed by atoms with Crippen molar-refractivity contribution in [3.63, 3.8) is 0 Å². The Hall–Kier alpha value is -1.06. The van der Waals surface area contributed by atoms with Crippen LogP contribution in [0.2, 0.25) is 0 Å². The minimum Gasteiger partial charge on any atom is -0.383 e. The maximum atomic E-state index is 5.25. The molecule has 1 atom stereocenters. The summed E-state index contributed by atoms with van der Waals surface area (Å²) in [5.41, 5.74) is 2.77. The van der Waals surface area contributed by atoms with Crippen molar-refractivity contribution in [2.24, 2.45) is 0 Å². The zero-order chi connectivity index (χ0) is 14.5. The first-order valence-corrected chi connectivity index (χ1v) is 7.69. The molecule has 0 aromatic heterocycles. The zero-order valence-electron chi connectivity index (χ0n) is 13.3. The molecule has 1 aliphatic rings. The molecule has 2 rings (SSSR count). The van der Waals surface area contributed by atoms with Gasteiger partial charge in [0.2, 0.25) is 0 Å². The molecule has 20 heavy (non-hydrogen) atoms. The lowest BCUT2D eigenvalue weighted by Gasteiger charge is -2.39. The second-order valence-corrected chi connectivity index (χ2v) is 6.07. The Labute approximate surface area is 123 Å². The summed E-state index contributed by atoms with van der Waals surface area (Å²) in [5.74, 6) is 0.607. The van der Waals surface area contributed by atoms with Gasteiger partial charge < -0.3 is 9.64 Å². The van der Waals surface area contributed by atoms with Crippen LogP contribution in [-0.2, 0) is 4.74 Å². The van der Waals surface area contributed by atoms with Crippen LogP contribution in [0.4, 0.5) is 5.69 Å².